The van der Waals surface area contributed by atoms with Crippen LogP contribution in [0.3, 0.4) is 0 Å². The molecule has 0 aromatic heterocycles. The molecule has 5 heteroatoms. The SMILES string of the molecule is CC(C)C1=NN(c2ccc(F)cc2F)C(=O)C1. The molecule has 90 valence electrons. The van der Waals surface area contributed by atoms with Crippen molar-refractivity contribution in [3.63, 3.8) is 0 Å². The number of hydrogen-bond acceptors (Lipinski definition) is 2. The second-order valence-electron chi connectivity index (χ2n) is 4.22. The molecule has 1 aliphatic heterocycles. The Labute approximate surface area is 97.7 Å². The van der Waals surface area contributed by atoms with Gasteiger partial charge in [-0.3, -0.25) is 4.79 Å². The van der Waals surface area contributed by atoms with Crippen molar-refractivity contribution in [3.05, 3.63) is 29.8 Å². The Morgan fingerprint density at radius 2 is 2.06 bits per heavy atom. The lowest BCUT2D eigenvalue weighted by Gasteiger charge is -2.12. The predicted molar refractivity (Wildman–Crippen MR) is 60.7 cm³/mol. The molecule has 0 aliphatic carbocycles. The fourth-order valence-electron chi connectivity index (χ4n) is 1.61. The third-order valence-corrected chi connectivity index (χ3v) is 2.60. The molecule has 1 heterocycles. The monoisotopic (exact) mass is 238 g/mol. The molecule has 3 nitrogen and oxygen atoms in total. The maximum atomic E-state index is 13.5. The molecule has 1 amide bonds. The Morgan fingerprint density at radius 1 is 1.35 bits per heavy atom. The molecule has 2 rings (SSSR count). The number of nitrogens with zero attached hydrogens (tertiary/aromatic N) is 2. The summed E-state index contributed by atoms with van der Waals surface area (Å²) in [4.78, 5) is 11.7. The average Bonchev–Trinajstić information content (AvgIpc) is 2.61. The number of rotatable bonds is 2. The summed E-state index contributed by atoms with van der Waals surface area (Å²) in [6.07, 6.45) is 0.189. The molecule has 1 aliphatic rings. The third-order valence-electron chi connectivity index (χ3n) is 2.60. The zero-order valence-electron chi connectivity index (χ0n) is 9.58. The van der Waals surface area contributed by atoms with E-state index in [1.165, 1.54) is 6.07 Å². The number of amides is 1. The Hall–Kier alpha value is -1.78. The molecule has 0 N–H and O–H groups in total. The summed E-state index contributed by atoms with van der Waals surface area (Å²) in [6, 6.07) is 3.06. The van der Waals surface area contributed by atoms with E-state index < -0.39 is 11.6 Å². The molecule has 0 unspecified atom stereocenters. The maximum Gasteiger partial charge on any atom is 0.253 e. The van der Waals surface area contributed by atoms with Gasteiger partial charge in [-0.2, -0.15) is 10.1 Å². The summed E-state index contributed by atoms with van der Waals surface area (Å²) in [6.45, 7) is 3.83. The lowest BCUT2D eigenvalue weighted by atomic mass is 10.1. The highest BCUT2D eigenvalue weighted by atomic mass is 19.1. The van der Waals surface area contributed by atoms with Crippen molar-refractivity contribution in [2.45, 2.75) is 20.3 Å². The van der Waals surface area contributed by atoms with Crippen LogP contribution in [0, 0.1) is 17.6 Å². The van der Waals surface area contributed by atoms with Crippen molar-refractivity contribution in [2.24, 2.45) is 11.0 Å². The Morgan fingerprint density at radius 3 is 2.59 bits per heavy atom. The van der Waals surface area contributed by atoms with Crippen molar-refractivity contribution in [3.8, 4) is 0 Å². The van der Waals surface area contributed by atoms with E-state index in [4.69, 9.17) is 0 Å². The second kappa shape index (κ2) is 4.24. The van der Waals surface area contributed by atoms with Gasteiger partial charge >= 0.3 is 0 Å². The molecule has 0 radical (unpaired) electrons. The van der Waals surface area contributed by atoms with Crippen LogP contribution in [-0.2, 0) is 4.79 Å². The summed E-state index contributed by atoms with van der Waals surface area (Å²) in [5.41, 5.74) is 0.700. The van der Waals surface area contributed by atoms with Gasteiger partial charge in [0, 0.05) is 6.07 Å². The minimum Gasteiger partial charge on any atom is -0.272 e. The first-order valence-electron chi connectivity index (χ1n) is 5.34. The van der Waals surface area contributed by atoms with E-state index in [0.717, 1.165) is 17.1 Å². The normalized spacial score (nSPS) is 15.7. The molecule has 0 spiro atoms. The second-order valence-corrected chi connectivity index (χ2v) is 4.22. The highest BCUT2D eigenvalue weighted by molar-refractivity contribution is 6.13. The molecule has 0 saturated heterocycles. The quantitative estimate of drug-likeness (QED) is 0.779. The van der Waals surface area contributed by atoms with Crippen LogP contribution in [0.4, 0.5) is 14.5 Å². The van der Waals surface area contributed by atoms with Crippen LogP contribution in [0.5, 0.6) is 0 Å². The largest absolute Gasteiger partial charge is 0.272 e. The van der Waals surface area contributed by atoms with Crippen LogP contribution >= 0.6 is 0 Å². The number of carbonyl (C=O) groups is 1. The zero-order valence-corrected chi connectivity index (χ0v) is 9.58. The van der Waals surface area contributed by atoms with Gasteiger partial charge in [-0.05, 0) is 18.1 Å². The number of halogens is 2. The van der Waals surface area contributed by atoms with Crippen molar-refractivity contribution in [1.82, 2.24) is 0 Å². The van der Waals surface area contributed by atoms with Gasteiger partial charge in [0.1, 0.15) is 11.5 Å². The molecule has 1 aromatic rings. The molecular formula is C12H12F2N2O. The number of benzene rings is 1. The molecule has 17 heavy (non-hydrogen) atoms. The molecule has 0 bridgehead atoms. The Balaban J connectivity index is 2.37. The molecule has 1 aromatic carbocycles. The first-order chi connectivity index (χ1) is 7.99. The summed E-state index contributed by atoms with van der Waals surface area (Å²) in [7, 11) is 0. The standard InChI is InChI=1S/C12H12F2N2O/c1-7(2)10-6-12(17)16(15-10)11-4-3-8(13)5-9(11)14/h3-5,7H,6H2,1-2H3. The lowest BCUT2D eigenvalue weighted by molar-refractivity contribution is -0.117. The fourth-order valence-corrected chi connectivity index (χ4v) is 1.61. The highest BCUT2D eigenvalue weighted by Crippen LogP contribution is 2.25. The molecule has 0 saturated carbocycles. The van der Waals surface area contributed by atoms with Crippen LogP contribution in [0.15, 0.2) is 23.3 Å². The van der Waals surface area contributed by atoms with Crippen molar-refractivity contribution < 1.29 is 13.6 Å². The van der Waals surface area contributed by atoms with Gasteiger partial charge in [0.15, 0.2) is 5.82 Å². The van der Waals surface area contributed by atoms with Crippen LogP contribution in [0.2, 0.25) is 0 Å². The first-order valence-corrected chi connectivity index (χ1v) is 5.34. The van der Waals surface area contributed by atoms with Crippen LogP contribution < -0.4 is 5.01 Å². The molecular weight excluding hydrogens is 226 g/mol. The Kier molecular flexibility index (Phi) is 2.92. The first kappa shape index (κ1) is 11.7. The fraction of sp³-hybridized carbons (Fsp3) is 0.333. The predicted octanol–water partition coefficient (Wildman–Crippen LogP) is 2.71. The van der Waals surface area contributed by atoms with E-state index in [1.54, 1.807) is 0 Å². The molecule has 0 atom stereocenters. The van der Waals surface area contributed by atoms with Gasteiger partial charge in [0.25, 0.3) is 5.91 Å². The highest BCUT2D eigenvalue weighted by Gasteiger charge is 2.28. The summed E-state index contributed by atoms with van der Waals surface area (Å²) >= 11 is 0. The zero-order chi connectivity index (χ0) is 12.6. The van der Waals surface area contributed by atoms with Gasteiger partial charge in [-0.15, -0.1) is 0 Å². The van der Waals surface area contributed by atoms with E-state index in [-0.39, 0.29) is 23.9 Å². The topological polar surface area (TPSA) is 32.7 Å². The van der Waals surface area contributed by atoms with Gasteiger partial charge in [0.05, 0.1) is 12.1 Å². The van der Waals surface area contributed by atoms with E-state index in [2.05, 4.69) is 5.10 Å². The molecule has 0 fully saturated rings. The van der Waals surface area contributed by atoms with Crippen molar-refractivity contribution in [2.75, 3.05) is 5.01 Å². The summed E-state index contributed by atoms with van der Waals surface area (Å²) in [5, 5.41) is 5.07. The maximum absolute atomic E-state index is 13.5. The van der Waals surface area contributed by atoms with Crippen LogP contribution in [-0.4, -0.2) is 11.6 Å². The van der Waals surface area contributed by atoms with Crippen molar-refractivity contribution in [1.29, 1.82) is 0 Å². The van der Waals surface area contributed by atoms with Crippen molar-refractivity contribution >= 4 is 17.3 Å². The summed E-state index contributed by atoms with van der Waals surface area (Å²) in [5.74, 6) is -1.62. The number of carbonyl (C=O) groups excluding carboxylic acids is 1. The minimum absolute atomic E-state index is 0.00736. The number of hydrazone groups is 1. The van der Waals surface area contributed by atoms with E-state index >= 15 is 0 Å². The van der Waals surface area contributed by atoms with Gasteiger partial charge in [-0.25, -0.2) is 8.78 Å². The summed E-state index contributed by atoms with van der Waals surface area (Å²) < 4.78 is 26.3. The smallest absolute Gasteiger partial charge is 0.253 e. The van der Waals surface area contributed by atoms with E-state index in [9.17, 15) is 13.6 Å². The van der Waals surface area contributed by atoms with E-state index in [0.29, 0.717) is 5.71 Å². The van der Waals surface area contributed by atoms with E-state index in [1.807, 2.05) is 13.8 Å². The number of hydrogen-bond donors (Lipinski definition) is 0. The van der Waals surface area contributed by atoms with Gasteiger partial charge in [-0.1, -0.05) is 13.8 Å². The number of anilines is 1. The Bertz CT molecular complexity index is 497. The van der Waals surface area contributed by atoms with Crippen LogP contribution in [0.25, 0.3) is 0 Å². The third kappa shape index (κ3) is 2.18. The van der Waals surface area contributed by atoms with Crippen LogP contribution in [0.1, 0.15) is 20.3 Å². The lowest BCUT2D eigenvalue weighted by Crippen LogP contribution is -2.20. The van der Waals surface area contributed by atoms with Gasteiger partial charge < -0.3 is 0 Å². The average molecular weight is 238 g/mol. The van der Waals surface area contributed by atoms with Gasteiger partial charge in [0.2, 0.25) is 0 Å². The minimum atomic E-state index is -0.785.